The number of guanidine groups is 1. The van der Waals surface area contributed by atoms with E-state index in [1.54, 1.807) is 19.2 Å². The predicted octanol–water partition coefficient (Wildman–Crippen LogP) is 3.31. The Morgan fingerprint density at radius 1 is 1.07 bits per heavy atom. The molecular formula is C22H29IN4O2S. The number of sulfonamides is 1. The largest absolute Gasteiger partial charge is 0.352 e. The van der Waals surface area contributed by atoms with E-state index >= 15 is 0 Å². The van der Waals surface area contributed by atoms with Gasteiger partial charge in [-0.2, -0.15) is 0 Å². The van der Waals surface area contributed by atoms with Gasteiger partial charge < -0.3 is 10.2 Å². The summed E-state index contributed by atoms with van der Waals surface area (Å²) in [5, 5.41) is 3.41. The lowest BCUT2D eigenvalue weighted by Gasteiger charge is -2.22. The van der Waals surface area contributed by atoms with Crippen molar-refractivity contribution >= 4 is 40.0 Å². The van der Waals surface area contributed by atoms with Gasteiger partial charge in [0.25, 0.3) is 0 Å². The highest BCUT2D eigenvalue weighted by atomic mass is 127. The molecule has 4 rings (SSSR count). The summed E-state index contributed by atoms with van der Waals surface area (Å²) < 4.78 is 27.3. The fourth-order valence-electron chi connectivity index (χ4n) is 3.74. The van der Waals surface area contributed by atoms with Crippen LogP contribution in [-0.2, 0) is 16.6 Å². The van der Waals surface area contributed by atoms with Gasteiger partial charge in [-0.1, -0.05) is 42.5 Å². The van der Waals surface area contributed by atoms with Crippen LogP contribution >= 0.6 is 24.0 Å². The van der Waals surface area contributed by atoms with E-state index in [2.05, 4.69) is 50.3 Å². The molecule has 1 saturated carbocycles. The Bertz CT molecular complexity index is 960. The number of hydrogen-bond donors (Lipinski definition) is 2. The summed E-state index contributed by atoms with van der Waals surface area (Å²) in [6.07, 6.45) is 2.98. The number of aliphatic imine (C=N–C) groups is 1. The molecule has 2 aromatic carbocycles. The maximum Gasteiger partial charge on any atom is 0.240 e. The molecule has 162 valence electrons. The van der Waals surface area contributed by atoms with Crippen LogP contribution in [0.4, 0.5) is 0 Å². The molecule has 1 aliphatic heterocycles. The van der Waals surface area contributed by atoms with E-state index in [1.165, 1.54) is 5.56 Å². The molecule has 1 heterocycles. The van der Waals surface area contributed by atoms with Crippen molar-refractivity contribution in [2.24, 2.45) is 4.99 Å². The first-order chi connectivity index (χ1) is 14.0. The normalized spacial score (nSPS) is 19.4. The standard InChI is InChI=1S/C22H28N4O2S.HI/c1-23-22(26-14-13-19(16-26)18-5-3-2-4-6-18)24-15-17-7-11-21(12-8-17)29(27,28)25-20-9-10-20;/h2-8,11-12,19-20,25H,9-10,13-16H2,1H3,(H,23,24);1H. The maximum absolute atomic E-state index is 12.3. The van der Waals surface area contributed by atoms with E-state index in [1.807, 2.05) is 12.1 Å². The van der Waals surface area contributed by atoms with Crippen molar-refractivity contribution in [3.05, 3.63) is 65.7 Å². The Morgan fingerprint density at radius 2 is 1.77 bits per heavy atom. The second kappa shape index (κ2) is 10.1. The number of hydrogen-bond acceptors (Lipinski definition) is 3. The Balaban J connectivity index is 0.00000256. The zero-order valence-electron chi connectivity index (χ0n) is 17.1. The molecule has 0 amide bonds. The predicted molar refractivity (Wildman–Crippen MR) is 131 cm³/mol. The molecule has 2 aromatic rings. The zero-order valence-corrected chi connectivity index (χ0v) is 20.3. The van der Waals surface area contributed by atoms with E-state index < -0.39 is 10.0 Å². The van der Waals surface area contributed by atoms with Crippen LogP contribution in [0, 0.1) is 0 Å². The first kappa shape index (κ1) is 23.0. The van der Waals surface area contributed by atoms with Crippen LogP contribution in [0.25, 0.3) is 0 Å². The Morgan fingerprint density at radius 3 is 2.40 bits per heavy atom. The zero-order chi connectivity index (χ0) is 20.3. The minimum atomic E-state index is -3.40. The van der Waals surface area contributed by atoms with Gasteiger partial charge in [0, 0.05) is 38.6 Å². The molecule has 0 spiro atoms. The summed E-state index contributed by atoms with van der Waals surface area (Å²) >= 11 is 0. The summed E-state index contributed by atoms with van der Waals surface area (Å²) in [4.78, 5) is 7.04. The van der Waals surface area contributed by atoms with Crippen molar-refractivity contribution in [1.29, 1.82) is 0 Å². The van der Waals surface area contributed by atoms with Crippen LogP contribution in [-0.4, -0.2) is 45.5 Å². The number of nitrogens with one attached hydrogen (secondary N) is 2. The molecule has 6 nitrogen and oxygen atoms in total. The third-order valence-electron chi connectivity index (χ3n) is 5.55. The fraction of sp³-hybridized carbons (Fsp3) is 0.409. The van der Waals surface area contributed by atoms with Gasteiger partial charge in [0.05, 0.1) is 4.90 Å². The maximum atomic E-state index is 12.3. The molecule has 0 bridgehead atoms. The van der Waals surface area contributed by atoms with E-state index in [9.17, 15) is 8.42 Å². The number of halogens is 1. The average molecular weight is 540 g/mol. The van der Waals surface area contributed by atoms with E-state index in [0.717, 1.165) is 43.9 Å². The molecule has 1 saturated heterocycles. The minimum absolute atomic E-state index is 0. The van der Waals surface area contributed by atoms with Gasteiger partial charge in [-0.25, -0.2) is 13.1 Å². The summed E-state index contributed by atoms with van der Waals surface area (Å²) in [5.74, 6) is 1.41. The van der Waals surface area contributed by atoms with Crippen molar-refractivity contribution < 1.29 is 8.42 Å². The monoisotopic (exact) mass is 540 g/mol. The van der Waals surface area contributed by atoms with Crippen LogP contribution in [0.3, 0.4) is 0 Å². The van der Waals surface area contributed by atoms with E-state index in [0.29, 0.717) is 17.4 Å². The molecule has 30 heavy (non-hydrogen) atoms. The smallest absolute Gasteiger partial charge is 0.240 e. The summed E-state index contributed by atoms with van der Waals surface area (Å²) in [7, 11) is -1.59. The lowest BCUT2D eigenvalue weighted by molar-refractivity contribution is 0.486. The van der Waals surface area contributed by atoms with Crippen molar-refractivity contribution in [3.63, 3.8) is 0 Å². The third-order valence-corrected chi connectivity index (χ3v) is 7.09. The fourth-order valence-corrected chi connectivity index (χ4v) is 5.04. The van der Waals surface area contributed by atoms with Gasteiger partial charge in [0.1, 0.15) is 0 Å². The summed E-state index contributed by atoms with van der Waals surface area (Å²) in [6.45, 7) is 2.53. The highest BCUT2D eigenvalue weighted by molar-refractivity contribution is 14.0. The van der Waals surface area contributed by atoms with E-state index in [-0.39, 0.29) is 30.0 Å². The van der Waals surface area contributed by atoms with Crippen LogP contribution in [0.1, 0.15) is 36.3 Å². The van der Waals surface area contributed by atoms with Gasteiger partial charge >= 0.3 is 0 Å². The SMILES string of the molecule is CN=C(NCc1ccc(S(=O)(=O)NC2CC2)cc1)N1CCC(c2ccccc2)C1.I. The van der Waals surface area contributed by atoms with Gasteiger partial charge in [0.2, 0.25) is 10.0 Å². The first-order valence-electron chi connectivity index (χ1n) is 10.2. The highest BCUT2D eigenvalue weighted by Crippen LogP contribution is 2.27. The van der Waals surface area contributed by atoms with Crippen molar-refractivity contribution in [3.8, 4) is 0 Å². The molecule has 0 radical (unpaired) electrons. The molecule has 2 N–H and O–H groups in total. The second-order valence-electron chi connectivity index (χ2n) is 7.78. The van der Waals surface area contributed by atoms with Crippen molar-refractivity contribution in [1.82, 2.24) is 14.9 Å². The second-order valence-corrected chi connectivity index (χ2v) is 9.50. The van der Waals surface area contributed by atoms with Crippen LogP contribution in [0.15, 0.2) is 64.5 Å². The molecule has 1 atom stereocenters. The number of rotatable bonds is 6. The molecule has 2 fully saturated rings. The van der Waals surface area contributed by atoms with E-state index in [4.69, 9.17) is 0 Å². The third kappa shape index (κ3) is 5.73. The van der Waals surface area contributed by atoms with Crippen LogP contribution < -0.4 is 10.0 Å². The van der Waals surface area contributed by atoms with Crippen LogP contribution in [0.2, 0.25) is 0 Å². The Kier molecular flexibility index (Phi) is 7.75. The number of nitrogens with zero attached hydrogens (tertiary/aromatic N) is 2. The van der Waals surface area contributed by atoms with Gasteiger partial charge in [-0.05, 0) is 42.5 Å². The van der Waals surface area contributed by atoms with Gasteiger partial charge in [-0.15, -0.1) is 24.0 Å². The van der Waals surface area contributed by atoms with Crippen molar-refractivity contribution in [2.75, 3.05) is 20.1 Å². The van der Waals surface area contributed by atoms with Crippen LogP contribution in [0.5, 0.6) is 0 Å². The van der Waals surface area contributed by atoms with Crippen molar-refractivity contribution in [2.45, 2.75) is 42.7 Å². The molecule has 1 aliphatic carbocycles. The molecular weight excluding hydrogens is 511 g/mol. The summed E-state index contributed by atoms with van der Waals surface area (Å²) in [6, 6.07) is 17.8. The molecule has 8 heteroatoms. The Labute approximate surface area is 196 Å². The lowest BCUT2D eigenvalue weighted by atomic mass is 9.99. The summed E-state index contributed by atoms with van der Waals surface area (Å²) in [5.41, 5.74) is 2.40. The average Bonchev–Trinajstić information content (AvgIpc) is 3.40. The Hall–Kier alpha value is -1.65. The number of likely N-dealkylation sites (tertiary alicyclic amines) is 1. The lowest BCUT2D eigenvalue weighted by Crippen LogP contribution is -2.39. The highest BCUT2D eigenvalue weighted by Gasteiger charge is 2.28. The van der Waals surface area contributed by atoms with Gasteiger partial charge in [0.15, 0.2) is 5.96 Å². The molecule has 2 aliphatic rings. The number of benzene rings is 2. The van der Waals surface area contributed by atoms with Gasteiger partial charge in [-0.3, -0.25) is 4.99 Å². The minimum Gasteiger partial charge on any atom is -0.352 e. The quantitative estimate of drug-likeness (QED) is 0.335. The molecule has 0 aromatic heterocycles. The molecule has 1 unspecified atom stereocenters. The topological polar surface area (TPSA) is 73.8 Å². The first-order valence-corrected chi connectivity index (χ1v) is 11.7.